The van der Waals surface area contributed by atoms with Crippen LogP contribution in [0.4, 0.5) is 5.69 Å². The van der Waals surface area contributed by atoms with Gasteiger partial charge in [0, 0.05) is 61.7 Å². The molecule has 2 aliphatic rings. The van der Waals surface area contributed by atoms with Crippen molar-refractivity contribution in [1.82, 2.24) is 19.8 Å². The lowest BCUT2D eigenvalue weighted by molar-refractivity contribution is 0.0847. The average molecular weight is 583 g/mol. The van der Waals surface area contributed by atoms with Gasteiger partial charge in [-0.25, -0.2) is 4.98 Å². The molecule has 36 heavy (non-hydrogen) atoms. The van der Waals surface area contributed by atoms with E-state index in [4.69, 9.17) is 11.6 Å². The third-order valence-electron chi connectivity index (χ3n) is 7.15. The molecule has 2 heterocycles. The second-order valence-corrected chi connectivity index (χ2v) is 9.84. The Bertz CT molecular complexity index is 989. The number of halogens is 4. The summed E-state index contributed by atoms with van der Waals surface area (Å²) in [5.74, 6) is 0.700. The summed E-state index contributed by atoms with van der Waals surface area (Å²) < 4.78 is 2.22. The molecular formula is C25H39Cl4N5O2. The number of carbonyl (C=O) groups excluding carboxylic acids is 1. The van der Waals surface area contributed by atoms with E-state index in [1.54, 1.807) is 0 Å². The van der Waals surface area contributed by atoms with Crippen molar-refractivity contribution in [2.24, 2.45) is 0 Å². The van der Waals surface area contributed by atoms with Crippen molar-refractivity contribution in [3.8, 4) is 0 Å². The number of aliphatic hydroxyl groups excluding tert-OH is 1. The van der Waals surface area contributed by atoms with Gasteiger partial charge in [0.25, 0.3) is 5.91 Å². The molecule has 7 nitrogen and oxygen atoms in total. The number of anilines is 1. The molecule has 1 aromatic carbocycles. The third kappa shape index (κ3) is 7.42. The van der Waals surface area contributed by atoms with Crippen molar-refractivity contribution in [2.45, 2.75) is 58.6 Å². The number of rotatable bonds is 7. The third-order valence-corrected chi connectivity index (χ3v) is 7.56. The van der Waals surface area contributed by atoms with E-state index in [2.05, 4.69) is 37.7 Å². The van der Waals surface area contributed by atoms with Crippen LogP contribution in [-0.2, 0) is 0 Å². The lowest BCUT2D eigenvalue weighted by Crippen LogP contribution is -2.50. The van der Waals surface area contributed by atoms with Crippen molar-refractivity contribution in [2.75, 3.05) is 44.2 Å². The number of nitrogens with zero attached hydrogens (tertiary/aromatic N) is 4. The van der Waals surface area contributed by atoms with Crippen LogP contribution in [0.2, 0.25) is 5.02 Å². The highest BCUT2D eigenvalue weighted by atomic mass is 35.5. The van der Waals surface area contributed by atoms with Gasteiger partial charge in [0.2, 0.25) is 0 Å². The van der Waals surface area contributed by atoms with Crippen LogP contribution in [0, 0.1) is 20.8 Å². The normalized spacial score (nSPS) is 17.1. The fourth-order valence-corrected chi connectivity index (χ4v) is 5.51. The van der Waals surface area contributed by atoms with E-state index in [0.717, 1.165) is 61.1 Å². The SMILES string of the molecule is Cc1c(Cl)cccc1N1CCN(CC(O)CNC(=O)c2nc(C)n(C3CCCC3)c2C)CC1.Cl.Cl.Cl. The molecule has 1 unspecified atom stereocenters. The molecule has 1 atom stereocenters. The predicted molar refractivity (Wildman–Crippen MR) is 154 cm³/mol. The zero-order valence-corrected chi connectivity index (χ0v) is 24.4. The maximum absolute atomic E-state index is 12.8. The van der Waals surface area contributed by atoms with Crippen molar-refractivity contribution < 1.29 is 9.90 Å². The number of nitrogens with one attached hydrogen (secondary N) is 1. The molecule has 2 aromatic rings. The number of benzene rings is 1. The number of aryl methyl sites for hydroxylation is 1. The van der Waals surface area contributed by atoms with E-state index in [1.165, 1.54) is 18.5 Å². The smallest absolute Gasteiger partial charge is 0.271 e. The first-order valence-corrected chi connectivity index (χ1v) is 12.5. The predicted octanol–water partition coefficient (Wildman–Crippen LogP) is 4.76. The Hall–Kier alpha value is -1.22. The van der Waals surface area contributed by atoms with Gasteiger partial charge in [-0.05, 0) is 51.3 Å². The first-order chi connectivity index (χ1) is 15.8. The number of amides is 1. The van der Waals surface area contributed by atoms with Crippen LogP contribution >= 0.6 is 48.8 Å². The maximum atomic E-state index is 12.8. The lowest BCUT2D eigenvalue weighted by atomic mass is 10.1. The van der Waals surface area contributed by atoms with E-state index in [1.807, 2.05) is 26.0 Å². The van der Waals surface area contributed by atoms with E-state index in [9.17, 15) is 9.90 Å². The summed E-state index contributed by atoms with van der Waals surface area (Å²) in [6, 6.07) is 6.48. The van der Waals surface area contributed by atoms with Crippen LogP contribution in [0.5, 0.6) is 0 Å². The number of hydrogen-bond acceptors (Lipinski definition) is 5. The van der Waals surface area contributed by atoms with Crippen molar-refractivity contribution in [3.05, 3.63) is 46.0 Å². The van der Waals surface area contributed by atoms with Gasteiger partial charge in [0.15, 0.2) is 0 Å². The Morgan fingerprint density at radius 2 is 1.75 bits per heavy atom. The lowest BCUT2D eigenvalue weighted by Gasteiger charge is -2.37. The van der Waals surface area contributed by atoms with Crippen LogP contribution in [0.1, 0.15) is 59.3 Å². The minimum atomic E-state index is -0.619. The number of piperazine rings is 1. The number of aromatic nitrogens is 2. The molecule has 0 bridgehead atoms. The molecule has 0 radical (unpaired) electrons. The van der Waals surface area contributed by atoms with Crippen molar-refractivity contribution in [1.29, 1.82) is 0 Å². The van der Waals surface area contributed by atoms with Gasteiger partial charge in [0.05, 0.1) is 6.10 Å². The molecular weight excluding hydrogens is 544 g/mol. The molecule has 1 saturated heterocycles. The van der Waals surface area contributed by atoms with E-state index in [0.29, 0.717) is 18.3 Å². The average Bonchev–Trinajstić information content (AvgIpc) is 3.42. The Balaban J connectivity index is 0.00000216. The Morgan fingerprint density at radius 1 is 1.11 bits per heavy atom. The summed E-state index contributed by atoms with van der Waals surface area (Å²) in [6.07, 6.45) is 4.17. The standard InChI is InChI=1S/C25H36ClN5O2.3ClH/c1-17-22(26)9-6-10-23(17)30-13-11-29(12-14-30)16-21(32)15-27-25(33)24-18(2)31(19(3)28-24)20-7-4-5-8-20;;;/h6,9-10,20-21,32H,4-5,7-8,11-16H2,1-3H3,(H,27,33);3*1H. The fourth-order valence-electron chi connectivity index (χ4n) is 5.34. The quantitative estimate of drug-likeness (QED) is 0.492. The largest absolute Gasteiger partial charge is 0.390 e. The van der Waals surface area contributed by atoms with E-state index >= 15 is 0 Å². The molecule has 2 N–H and O–H groups in total. The summed E-state index contributed by atoms with van der Waals surface area (Å²) in [7, 11) is 0. The van der Waals surface area contributed by atoms with E-state index < -0.39 is 6.10 Å². The second kappa shape index (κ2) is 14.6. The molecule has 1 saturated carbocycles. The zero-order chi connectivity index (χ0) is 23.5. The van der Waals surface area contributed by atoms with Crippen LogP contribution in [-0.4, -0.2) is 70.8 Å². The second-order valence-electron chi connectivity index (χ2n) is 9.44. The molecule has 11 heteroatoms. The highest BCUT2D eigenvalue weighted by Crippen LogP contribution is 2.32. The van der Waals surface area contributed by atoms with Gasteiger partial charge in [-0.1, -0.05) is 30.5 Å². The number of carbonyl (C=O) groups is 1. The Labute approximate surface area is 238 Å². The first-order valence-electron chi connectivity index (χ1n) is 12.1. The van der Waals surface area contributed by atoms with Crippen LogP contribution in [0.15, 0.2) is 18.2 Å². The minimum absolute atomic E-state index is 0. The highest BCUT2D eigenvalue weighted by Gasteiger charge is 2.26. The van der Waals surface area contributed by atoms with Gasteiger partial charge < -0.3 is 19.9 Å². The maximum Gasteiger partial charge on any atom is 0.271 e. The molecule has 1 amide bonds. The Morgan fingerprint density at radius 3 is 2.39 bits per heavy atom. The minimum Gasteiger partial charge on any atom is -0.390 e. The van der Waals surface area contributed by atoms with Crippen LogP contribution in [0.25, 0.3) is 0 Å². The fraction of sp³-hybridized carbons (Fsp3) is 0.600. The molecule has 1 aromatic heterocycles. The molecule has 1 aliphatic heterocycles. The van der Waals surface area contributed by atoms with Crippen LogP contribution < -0.4 is 10.2 Å². The molecule has 4 rings (SSSR count). The number of hydrogen-bond donors (Lipinski definition) is 2. The molecule has 1 aliphatic carbocycles. The summed E-state index contributed by atoms with van der Waals surface area (Å²) in [5, 5.41) is 14.2. The monoisotopic (exact) mass is 581 g/mol. The summed E-state index contributed by atoms with van der Waals surface area (Å²) in [6.45, 7) is 10.3. The first kappa shape index (κ1) is 32.8. The molecule has 204 valence electrons. The van der Waals surface area contributed by atoms with Crippen molar-refractivity contribution >= 4 is 60.4 Å². The zero-order valence-electron chi connectivity index (χ0n) is 21.2. The number of imidazole rings is 1. The Kier molecular flexibility index (Phi) is 13.3. The van der Waals surface area contributed by atoms with Gasteiger partial charge in [-0.3, -0.25) is 9.69 Å². The van der Waals surface area contributed by atoms with Gasteiger partial charge in [-0.15, -0.1) is 37.2 Å². The van der Waals surface area contributed by atoms with Gasteiger partial charge in [0.1, 0.15) is 11.5 Å². The van der Waals surface area contributed by atoms with Gasteiger partial charge in [-0.2, -0.15) is 0 Å². The van der Waals surface area contributed by atoms with Gasteiger partial charge >= 0.3 is 0 Å². The number of aliphatic hydroxyl groups is 1. The topological polar surface area (TPSA) is 73.6 Å². The van der Waals surface area contributed by atoms with E-state index in [-0.39, 0.29) is 49.7 Å². The van der Waals surface area contributed by atoms with Crippen molar-refractivity contribution in [3.63, 3.8) is 0 Å². The number of β-amino-alcohol motifs (C(OH)–C–C–N with tert-alkyl or cyclic N) is 1. The highest BCUT2D eigenvalue weighted by molar-refractivity contribution is 6.31. The summed E-state index contributed by atoms with van der Waals surface area (Å²) >= 11 is 6.28. The summed E-state index contributed by atoms with van der Waals surface area (Å²) in [4.78, 5) is 21.9. The molecule has 0 spiro atoms. The van der Waals surface area contributed by atoms with Crippen LogP contribution in [0.3, 0.4) is 0 Å². The molecule has 2 fully saturated rings. The summed E-state index contributed by atoms with van der Waals surface area (Å²) in [5.41, 5.74) is 3.70.